The molecule has 0 atom stereocenters. The fourth-order valence-corrected chi connectivity index (χ4v) is 3.35. The Morgan fingerprint density at radius 1 is 1.13 bits per heavy atom. The number of nitrogens with one attached hydrogen (secondary N) is 2. The zero-order chi connectivity index (χ0) is 21.2. The Morgan fingerprint density at radius 3 is 2.77 bits per heavy atom. The molecule has 0 fully saturated rings. The highest BCUT2D eigenvalue weighted by molar-refractivity contribution is 5.79. The Labute approximate surface area is 179 Å². The molecule has 6 heteroatoms. The normalized spacial score (nSPS) is 11.4. The lowest BCUT2D eigenvalue weighted by atomic mass is 10.1. The van der Waals surface area contributed by atoms with Crippen LogP contribution in [0.25, 0.3) is 0 Å². The molecule has 1 aromatic heterocycles. The van der Waals surface area contributed by atoms with Gasteiger partial charge in [-0.15, -0.1) is 0 Å². The van der Waals surface area contributed by atoms with E-state index in [1.165, 1.54) is 22.3 Å². The van der Waals surface area contributed by atoms with E-state index in [9.17, 15) is 0 Å². The van der Waals surface area contributed by atoms with Crippen molar-refractivity contribution in [1.29, 1.82) is 0 Å². The molecule has 6 nitrogen and oxygen atoms in total. The molecule has 0 aliphatic heterocycles. The second-order valence-electron chi connectivity index (χ2n) is 7.24. The van der Waals surface area contributed by atoms with Crippen LogP contribution in [0.3, 0.4) is 0 Å². The van der Waals surface area contributed by atoms with Crippen molar-refractivity contribution in [2.75, 3.05) is 20.2 Å². The summed E-state index contributed by atoms with van der Waals surface area (Å²) < 4.78 is 7.54. The van der Waals surface area contributed by atoms with E-state index in [-0.39, 0.29) is 0 Å². The van der Waals surface area contributed by atoms with Crippen LogP contribution in [-0.2, 0) is 19.5 Å². The van der Waals surface area contributed by atoms with Gasteiger partial charge in [-0.25, -0.2) is 9.98 Å². The maximum Gasteiger partial charge on any atom is 0.191 e. The first-order chi connectivity index (χ1) is 14.7. The summed E-state index contributed by atoms with van der Waals surface area (Å²) in [4.78, 5) is 8.86. The highest BCUT2D eigenvalue weighted by Gasteiger charge is 2.04. The van der Waals surface area contributed by atoms with Gasteiger partial charge in [0.05, 0.1) is 20.0 Å². The third-order valence-electron chi connectivity index (χ3n) is 4.80. The minimum atomic E-state index is 0.626. The fraction of sp³-hybridized carbons (Fsp3) is 0.333. The van der Waals surface area contributed by atoms with Gasteiger partial charge in [0.1, 0.15) is 5.75 Å². The number of hydrogen-bond acceptors (Lipinski definition) is 3. The van der Waals surface area contributed by atoms with Crippen LogP contribution in [0.5, 0.6) is 5.75 Å². The van der Waals surface area contributed by atoms with Crippen molar-refractivity contribution in [3.8, 4) is 5.75 Å². The second-order valence-corrected chi connectivity index (χ2v) is 7.24. The van der Waals surface area contributed by atoms with Crippen LogP contribution in [0.4, 0.5) is 0 Å². The summed E-state index contributed by atoms with van der Waals surface area (Å²) in [6, 6.07) is 14.8. The largest absolute Gasteiger partial charge is 0.496 e. The summed E-state index contributed by atoms with van der Waals surface area (Å²) in [5, 5.41) is 6.76. The molecule has 3 aromatic rings. The minimum absolute atomic E-state index is 0.626. The van der Waals surface area contributed by atoms with Crippen LogP contribution in [0.1, 0.15) is 29.2 Å². The van der Waals surface area contributed by atoms with Gasteiger partial charge < -0.3 is 19.9 Å². The summed E-state index contributed by atoms with van der Waals surface area (Å²) in [6.07, 6.45) is 6.48. The topological polar surface area (TPSA) is 63.5 Å². The summed E-state index contributed by atoms with van der Waals surface area (Å²) >= 11 is 0. The van der Waals surface area contributed by atoms with E-state index < -0.39 is 0 Å². The van der Waals surface area contributed by atoms with Gasteiger partial charge in [0.2, 0.25) is 0 Å². The fourth-order valence-electron chi connectivity index (χ4n) is 3.35. The SMILES string of the molecule is CCNC(=NCc1cccc(Cn2ccnc2)c1)NCCc1cc(C)ccc1OC. The van der Waals surface area contributed by atoms with E-state index in [0.29, 0.717) is 6.54 Å². The van der Waals surface area contributed by atoms with E-state index in [1.807, 2.05) is 18.6 Å². The van der Waals surface area contributed by atoms with Gasteiger partial charge in [0.15, 0.2) is 5.96 Å². The number of ether oxygens (including phenoxy) is 1. The second kappa shape index (κ2) is 11.0. The first-order valence-electron chi connectivity index (χ1n) is 10.4. The highest BCUT2D eigenvalue weighted by atomic mass is 16.5. The Kier molecular flexibility index (Phi) is 7.89. The van der Waals surface area contributed by atoms with Crippen molar-refractivity contribution in [3.63, 3.8) is 0 Å². The Bertz CT molecular complexity index is 950. The van der Waals surface area contributed by atoms with Crippen LogP contribution < -0.4 is 15.4 Å². The molecule has 158 valence electrons. The molecule has 0 radical (unpaired) electrons. The molecule has 0 saturated heterocycles. The van der Waals surface area contributed by atoms with Crippen LogP contribution in [-0.4, -0.2) is 35.7 Å². The number of hydrogen-bond donors (Lipinski definition) is 2. The number of aryl methyl sites for hydroxylation is 1. The summed E-state index contributed by atoms with van der Waals surface area (Å²) in [5.74, 6) is 1.75. The zero-order valence-electron chi connectivity index (χ0n) is 18.1. The predicted octanol–water partition coefficient (Wildman–Crippen LogP) is 3.55. The number of aliphatic imine (C=N–C) groups is 1. The number of imidazole rings is 1. The van der Waals surface area contributed by atoms with Gasteiger partial charge in [0.25, 0.3) is 0 Å². The Morgan fingerprint density at radius 2 is 2.00 bits per heavy atom. The molecule has 1 heterocycles. The van der Waals surface area contributed by atoms with Crippen LogP contribution >= 0.6 is 0 Å². The first-order valence-corrected chi connectivity index (χ1v) is 10.4. The smallest absolute Gasteiger partial charge is 0.191 e. The average molecular weight is 406 g/mol. The minimum Gasteiger partial charge on any atom is -0.496 e. The molecule has 3 rings (SSSR count). The highest BCUT2D eigenvalue weighted by Crippen LogP contribution is 2.19. The molecule has 0 unspecified atom stereocenters. The van der Waals surface area contributed by atoms with Gasteiger partial charge in [-0.3, -0.25) is 0 Å². The van der Waals surface area contributed by atoms with Gasteiger partial charge in [0, 0.05) is 32.0 Å². The standard InChI is InChI=1S/C24H31N5O/c1-4-26-24(27-11-10-22-14-19(2)8-9-23(22)30-3)28-16-20-6-5-7-21(15-20)17-29-13-12-25-18-29/h5-9,12-15,18H,4,10-11,16-17H2,1-3H3,(H2,26,27,28). The number of guanidine groups is 1. The number of methoxy groups -OCH3 is 1. The molecular formula is C24H31N5O. The van der Waals surface area contributed by atoms with Crippen molar-refractivity contribution in [2.45, 2.75) is 33.4 Å². The molecule has 0 aliphatic carbocycles. The molecule has 2 N–H and O–H groups in total. The Balaban J connectivity index is 1.59. The molecule has 0 saturated carbocycles. The summed E-state index contributed by atoms with van der Waals surface area (Å²) in [7, 11) is 1.72. The van der Waals surface area contributed by atoms with Gasteiger partial charge in [-0.2, -0.15) is 0 Å². The lowest BCUT2D eigenvalue weighted by Gasteiger charge is -2.13. The van der Waals surface area contributed by atoms with E-state index >= 15 is 0 Å². The lowest BCUT2D eigenvalue weighted by Crippen LogP contribution is -2.38. The molecule has 30 heavy (non-hydrogen) atoms. The van der Waals surface area contributed by atoms with Gasteiger partial charge in [-0.1, -0.05) is 42.0 Å². The van der Waals surface area contributed by atoms with Crippen molar-refractivity contribution in [3.05, 3.63) is 83.4 Å². The monoisotopic (exact) mass is 405 g/mol. The van der Waals surface area contributed by atoms with E-state index in [2.05, 4.69) is 70.4 Å². The molecule has 0 amide bonds. The Hall–Kier alpha value is -3.28. The van der Waals surface area contributed by atoms with E-state index in [4.69, 9.17) is 9.73 Å². The number of nitrogens with zero attached hydrogens (tertiary/aromatic N) is 3. The summed E-state index contributed by atoms with van der Waals surface area (Å²) in [5.41, 5.74) is 4.87. The molecular weight excluding hydrogens is 374 g/mol. The molecule has 0 bridgehead atoms. The van der Waals surface area contributed by atoms with Crippen molar-refractivity contribution in [2.24, 2.45) is 4.99 Å². The number of benzene rings is 2. The van der Waals surface area contributed by atoms with Crippen molar-refractivity contribution >= 4 is 5.96 Å². The van der Waals surface area contributed by atoms with E-state index in [1.54, 1.807) is 13.3 Å². The average Bonchev–Trinajstić information content (AvgIpc) is 3.25. The summed E-state index contributed by atoms with van der Waals surface area (Å²) in [6.45, 7) is 7.22. The quantitative estimate of drug-likeness (QED) is 0.422. The van der Waals surface area contributed by atoms with Gasteiger partial charge in [-0.05, 0) is 43.0 Å². The predicted molar refractivity (Wildman–Crippen MR) is 122 cm³/mol. The lowest BCUT2D eigenvalue weighted by molar-refractivity contribution is 0.409. The number of rotatable bonds is 9. The zero-order valence-corrected chi connectivity index (χ0v) is 18.1. The first kappa shape index (κ1) is 21.4. The van der Waals surface area contributed by atoms with E-state index in [0.717, 1.165) is 37.8 Å². The van der Waals surface area contributed by atoms with Gasteiger partial charge >= 0.3 is 0 Å². The third-order valence-corrected chi connectivity index (χ3v) is 4.80. The maximum atomic E-state index is 5.48. The van der Waals surface area contributed by atoms with Crippen molar-refractivity contribution < 1.29 is 4.74 Å². The van der Waals surface area contributed by atoms with Crippen LogP contribution in [0.15, 0.2) is 66.2 Å². The van der Waals surface area contributed by atoms with Crippen LogP contribution in [0.2, 0.25) is 0 Å². The molecule has 0 spiro atoms. The van der Waals surface area contributed by atoms with Crippen molar-refractivity contribution in [1.82, 2.24) is 20.2 Å². The third kappa shape index (κ3) is 6.37. The molecule has 0 aliphatic rings. The molecule has 2 aromatic carbocycles. The number of aromatic nitrogens is 2. The maximum absolute atomic E-state index is 5.48. The van der Waals surface area contributed by atoms with Crippen LogP contribution in [0, 0.1) is 6.92 Å².